The minimum Gasteiger partial charge on any atom is -0.462 e. The molecule has 0 heterocycles. The van der Waals surface area contributed by atoms with Gasteiger partial charge in [0.2, 0.25) is 0 Å². The van der Waals surface area contributed by atoms with Crippen molar-refractivity contribution in [1.29, 1.82) is 0 Å². The highest BCUT2D eigenvalue weighted by Gasteiger charge is 2.40. The molecule has 0 aliphatic carbocycles. The summed E-state index contributed by atoms with van der Waals surface area (Å²) in [6.45, 7) is 14.2. The third-order valence-electron chi connectivity index (χ3n) is 4.79. The number of carbonyl (C=O) groups is 1. The maximum absolute atomic E-state index is 12.5. The fraction of sp³-hybridized carbons (Fsp3) is 0.941. The second kappa shape index (κ2) is 9.48. The molecule has 0 amide bonds. The van der Waals surface area contributed by atoms with Crippen molar-refractivity contribution in [3.05, 3.63) is 0 Å². The first-order valence-electron chi connectivity index (χ1n) is 8.35. The van der Waals surface area contributed by atoms with Gasteiger partial charge < -0.3 is 20.9 Å². The molecule has 22 heavy (non-hydrogen) atoms. The van der Waals surface area contributed by atoms with E-state index in [-0.39, 0.29) is 18.0 Å². The van der Waals surface area contributed by atoms with Gasteiger partial charge in [-0.2, -0.15) is 0 Å². The van der Waals surface area contributed by atoms with Crippen molar-refractivity contribution < 1.29 is 14.6 Å². The molecule has 0 saturated carbocycles. The molecule has 4 N–H and O–H groups in total. The molecule has 5 nitrogen and oxygen atoms in total. The first kappa shape index (κ1) is 21.4. The van der Waals surface area contributed by atoms with Gasteiger partial charge in [-0.3, -0.25) is 4.79 Å². The number of hydrogen-bond acceptors (Lipinski definition) is 5. The summed E-state index contributed by atoms with van der Waals surface area (Å²) in [4.78, 5) is 12.5. The zero-order valence-electron chi connectivity index (χ0n) is 15.2. The molecule has 0 aliphatic rings. The minimum absolute atomic E-state index is 0.0219. The summed E-state index contributed by atoms with van der Waals surface area (Å²) < 4.78 is 5.36. The van der Waals surface area contributed by atoms with Crippen LogP contribution < -0.4 is 11.1 Å². The van der Waals surface area contributed by atoms with E-state index < -0.39 is 11.5 Å². The number of rotatable bonds is 11. The largest absolute Gasteiger partial charge is 0.462 e. The van der Waals surface area contributed by atoms with E-state index in [4.69, 9.17) is 10.5 Å². The summed E-state index contributed by atoms with van der Waals surface area (Å²) in [5.74, 6) is 0.263. The molecule has 0 radical (unpaired) electrons. The molecule has 2 atom stereocenters. The van der Waals surface area contributed by atoms with Crippen LogP contribution in [0.4, 0.5) is 0 Å². The highest BCUT2D eigenvalue weighted by Crippen LogP contribution is 2.41. The van der Waals surface area contributed by atoms with Gasteiger partial charge in [-0.15, -0.1) is 0 Å². The Morgan fingerprint density at radius 2 is 1.91 bits per heavy atom. The summed E-state index contributed by atoms with van der Waals surface area (Å²) >= 11 is 0. The minimum atomic E-state index is -0.699. The third kappa shape index (κ3) is 7.07. The van der Waals surface area contributed by atoms with Gasteiger partial charge in [-0.05, 0) is 31.1 Å². The van der Waals surface area contributed by atoms with Gasteiger partial charge in [-0.1, -0.05) is 34.6 Å². The van der Waals surface area contributed by atoms with Crippen LogP contribution in [0, 0.1) is 16.7 Å². The van der Waals surface area contributed by atoms with Crippen LogP contribution in [0.2, 0.25) is 0 Å². The van der Waals surface area contributed by atoms with E-state index >= 15 is 0 Å². The maximum Gasteiger partial charge on any atom is 0.311 e. The zero-order valence-corrected chi connectivity index (χ0v) is 15.2. The van der Waals surface area contributed by atoms with E-state index in [1.165, 1.54) is 0 Å². The van der Waals surface area contributed by atoms with E-state index in [0.717, 1.165) is 12.8 Å². The Hall–Kier alpha value is -0.650. The number of hydrogen-bond donors (Lipinski definition) is 3. The number of nitrogens with one attached hydrogen (secondary N) is 1. The maximum atomic E-state index is 12.5. The first-order chi connectivity index (χ1) is 10.1. The number of aliphatic hydroxyl groups excluding tert-OH is 1. The van der Waals surface area contributed by atoms with E-state index in [9.17, 15) is 9.90 Å². The molecule has 132 valence electrons. The van der Waals surface area contributed by atoms with Gasteiger partial charge >= 0.3 is 5.97 Å². The molecule has 0 aliphatic heterocycles. The first-order valence-corrected chi connectivity index (χ1v) is 8.35. The van der Waals surface area contributed by atoms with Gasteiger partial charge in [0.1, 0.15) is 12.7 Å². The van der Waals surface area contributed by atoms with Crippen LogP contribution in [-0.4, -0.2) is 43.4 Å². The molecule has 0 aromatic carbocycles. The zero-order chi connectivity index (χ0) is 17.4. The van der Waals surface area contributed by atoms with Crippen LogP contribution in [0.5, 0.6) is 0 Å². The van der Waals surface area contributed by atoms with Crippen molar-refractivity contribution >= 4 is 5.97 Å². The number of ether oxygens (including phenoxy) is 1. The second-order valence-corrected chi connectivity index (χ2v) is 7.48. The highest BCUT2D eigenvalue weighted by atomic mass is 16.5. The monoisotopic (exact) mass is 316 g/mol. The van der Waals surface area contributed by atoms with E-state index in [2.05, 4.69) is 33.0 Å². The van der Waals surface area contributed by atoms with Crippen molar-refractivity contribution in [3.63, 3.8) is 0 Å². The van der Waals surface area contributed by atoms with Crippen LogP contribution >= 0.6 is 0 Å². The fourth-order valence-electron chi connectivity index (χ4n) is 2.33. The average Bonchev–Trinajstić information content (AvgIpc) is 2.44. The number of esters is 1. The van der Waals surface area contributed by atoms with Crippen LogP contribution in [0.25, 0.3) is 0 Å². The number of carbonyl (C=O) groups excluding carboxylic acids is 1. The van der Waals surface area contributed by atoms with Gasteiger partial charge in [0.25, 0.3) is 0 Å². The summed E-state index contributed by atoms with van der Waals surface area (Å²) in [5, 5.41) is 12.8. The fourth-order valence-corrected chi connectivity index (χ4v) is 2.33. The molecule has 0 bridgehead atoms. The van der Waals surface area contributed by atoms with Crippen molar-refractivity contribution in [2.45, 2.75) is 60.5 Å². The van der Waals surface area contributed by atoms with Crippen LogP contribution in [0.15, 0.2) is 0 Å². The quantitative estimate of drug-likeness (QED) is 0.401. The Labute approximate surface area is 136 Å². The summed E-state index contributed by atoms with van der Waals surface area (Å²) in [5.41, 5.74) is 4.91. The topological polar surface area (TPSA) is 84.6 Å². The third-order valence-corrected chi connectivity index (χ3v) is 4.79. The normalized spacial score (nSPS) is 16.4. The lowest BCUT2D eigenvalue weighted by molar-refractivity contribution is -0.160. The van der Waals surface area contributed by atoms with Crippen molar-refractivity contribution in [2.75, 3.05) is 26.2 Å². The molecular weight excluding hydrogens is 280 g/mol. The molecular formula is C17H36N2O3. The van der Waals surface area contributed by atoms with Gasteiger partial charge in [0.15, 0.2) is 0 Å². The standard InChI is InChI=1S/C17H36N2O3/c1-7-17(6,12-16(4,5)13(2)3)15(21)22-11-14(20)10-19-9-8-18/h13-14,19-20H,7-12,18H2,1-6H3. The van der Waals surface area contributed by atoms with Crippen LogP contribution in [0.3, 0.4) is 0 Å². The van der Waals surface area contributed by atoms with E-state index in [1.54, 1.807) is 0 Å². The molecule has 2 unspecified atom stereocenters. The highest BCUT2D eigenvalue weighted by molar-refractivity contribution is 5.76. The molecule has 0 rings (SSSR count). The van der Waals surface area contributed by atoms with E-state index in [1.807, 2.05) is 13.8 Å². The molecule has 5 heteroatoms. The average molecular weight is 316 g/mol. The Kier molecular flexibility index (Phi) is 9.20. The Balaban J connectivity index is 4.51. The molecule has 0 fully saturated rings. The predicted octanol–water partition coefficient (Wildman–Crippen LogP) is 1.93. The Bertz CT molecular complexity index is 332. The van der Waals surface area contributed by atoms with Crippen LogP contribution in [0.1, 0.15) is 54.4 Å². The summed E-state index contributed by atoms with van der Waals surface area (Å²) in [7, 11) is 0. The Morgan fingerprint density at radius 1 is 1.32 bits per heavy atom. The van der Waals surface area contributed by atoms with Gasteiger partial charge in [0.05, 0.1) is 5.41 Å². The second-order valence-electron chi connectivity index (χ2n) is 7.48. The molecule has 0 aromatic rings. The molecule has 0 spiro atoms. The SMILES string of the molecule is CCC(C)(CC(C)(C)C(C)C)C(=O)OCC(O)CNCCN. The summed E-state index contributed by atoms with van der Waals surface area (Å²) in [6, 6.07) is 0. The van der Waals surface area contributed by atoms with E-state index in [0.29, 0.717) is 25.6 Å². The van der Waals surface area contributed by atoms with Gasteiger partial charge in [-0.25, -0.2) is 0 Å². The summed E-state index contributed by atoms with van der Waals surface area (Å²) in [6.07, 6.45) is 0.799. The smallest absolute Gasteiger partial charge is 0.311 e. The predicted molar refractivity (Wildman–Crippen MR) is 90.5 cm³/mol. The lowest BCUT2D eigenvalue weighted by Gasteiger charge is -2.38. The van der Waals surface area contributed by atoms with Crippen molar-refractivity contribution in [1.82, 2.24) is 5.32 Å². The van der Waals surface area contributed by atoms with Gasteiger partial charge in [0, 0.05) is 19.6 Å². The Morgan fingerprint density at radius 3 is 2.36 bits per heavy atom. The molecule has 0 aromatic heterocycles. The molecule has 0 saturated heterocycles. The van der Waals surface area contributed by atoms with Crippen molar-refractivity contribution in [2.24, 2.45) is 22.5 Å². The number of aliphatic hydroxyl groups is 1. The lowest BCUT2D eigenvalue weighted by atomic mass is 9.67. The lowest BCUT2D eigenvalue weighted by Crippen LogP contribution is -2.39. The van der Waals surface area contributed by atoms with Crippen molar-refractivity contribution in [3.8, 4) is 0 Å². The number of nitrogens with two attached hydrogens (primary N) is 1. The van der Waals surface area contributed by atoms with Crippen LogP contribution in [-0.2, 0) is 9.53 Å².